The van der Waals surface area contributed by atoms with E-state index in [1.807, 2.05) is 6.92 Å². The molecule has 1 saturated carbocycles. The van der Waals surface area contributed by atoms with Crippen LogP contribution in [0.1, 0.15) is 78.1 Å². The van der Waals surface area contributed by atoms with E-state index in [0.717, 1.165) is 25.7 Å². The number of carboxylic acid groups (broad SMARTS) is 1. The predicted octanol–water partition coefficient (Wildman–Crippen LogP) is 4.17. The fourth-order valence-electron chi connectivity index (χ4n) is 3.02. The standard InChI is InChI=1S/C17H30O4/c1-3-4-5-6-7-9-13(2)21-17(20)15-11-8-10-14(12-15)16(18)19/h13-15H,3-12H2,1-2H3,(H,18,19). The third kappa shape index (κ3) is 6.96. The molecule has 0 amide bonds. The Balaban J connectivity index is 2.23. The smallest absolute Gasteiger partial charge is 0.309 e. The molecule has 0 heterocycles. The Morgan fingerprint density at radius 2 is 1.81 bits per heavy atom. The van der Waals surface area contributed by atoms with Crippen molar-refractivity contribution >= 4 is 11.9 Å². The first-order valence-corrected chi connectivity index (χ1v) is 8.47. The Morgan fingerprint density at radius 1 is 1.14 bits per heavy atom. The minimum absolute atomic E-state index is 0.0515. The molecule has 0 saturated heterocycles. The molecule has 0 aromatic rings. The van der Waals surface area contributed by atoms with Gasteiger partial charge in [0.2, 0.25) is 0 Å². The number of hydrogen-bond acceptors (Lipinski definition) is 3. The number of carbonyl (C=O) groups excluding carboxylic acids is 1. The zero-order valence-electron chi connectivity index (χ0n) is 13.5. The van der Waals surface area contributed by atoms with E-state index in [4.69, 9.17) is 9.84 Å². The van der Waals surface area contributed by atoms with Crippen molar-refractivity contribution in [3.8, 4) is 0 Å². The van der Waals surface area contributed by atoms with Crippen LogP contribution >= 0.6 is 0 Å². The van der Waals surface area contributed by atoms with Gasteiger partial charge in [0.25, 0.3) is 0 Å². The number of carboxylic acids is 1. The number of rotatable bonds is 9. The lowest BCUT2D eigenvalue weighted by Crippen LogP contribution is -2.30. The topological polar surface area (TPSA) is 63.6 Å². The van der Waals surface area contributed by atoms with E-state index in [9.17, 15) is 9.59 Å². The van der Waals surface area contributed by atoms with Gasteiger partial charge in [-0.1, -0.05) is 39.0 Å². The Morgan fingerprint density at radius 3 is 2.48 bits per heavy atom. The molecular formula is C17H30O4. The monoisotopic (exact) mass is 298 g/mol. The third-order valence-electron chi connectivity index (χ3n) is 4.39. The first kappa shape index (κ1) is 18.0. The average molecular weight is 298 g/mol. The summed E-state index contributed by atoms with van der Waals surface area (Å²) in [6, 6.07) is 0. The summed E-state index contributed by atoms with van der Waals surface area (Å²) in [6.45, 7) is 4.13. The second-order valence-electron chi connectivity index (χ2n) is 6.35. The van der Waals surface area contributed by atoms with Gasteiger partial charge >= 0.3 is 11.9 Å². The SMILES string of the molecule is CCCCCCCC(C)OC(=O)C1CCCC(C(=O)O)C1. The van der Waals surface area contributed by atoms with Gasteiger partial charge in [-0.3, -0.25) is 9.59 Å². The van der Waals surface area contributed by atoms with Crippen molar-refractivity contribution in [3.63, 3.8) is 0 Å². The molecule has 3 unspecified atom stereocenters. The van der Waals surface area contributed by atoms with Crippen LogP contribution in [0.4, 0.5) is 0 Å². The summed E-state index contributed by atoms with van der Waals surface area (Å²) in [6.07, 6.45) is 9.60. The molecule has 0 aliphatic heterocycles. The maximum absolute atomic E-state index is 12.1. The van der Waals surface area contributed by atoms with E-state index in [2.05, 4.69) is 6.92 Å². The molecule has 21 heavy (non-hydrogen) atoms. The van der Waals surface area contributed by atoms with Crippen LogP contribution in [-0.2, 0) is 14.3 Å². The number of hydrogen-bond donors (Lipinski definition) is 1. The summed E-state index contributed by atoms with van der Waals surface area (Å²) in [5, 5.41) is 9.05. The average Bonchev–Trinajstić information content (AvgIpc) is 2.47. The van der Waals surface area contributed by atoms with Crippen LogP contribution in [-0.4, -0.2) is 23.1 Å². The van der Waals surface area contributed by atoms with Gasteiger partial charge in [0.05, 0.1) is 17.9 Å². The minimum Gasteiger partial charge on any atom is -0.481 e. The van der Waals surface area contributed by atoms with E-state index >= 15 is 0 Å². The highest BCUT2D eigenvalue weighted by atomic mass is 16.5. The van der Waals surface area contributed by atoms with Gasteiger partial charge in [0.15, 0.2) is 0 Å². The molecule has 1 rings (SSSR count). The van der Waals surface area contributed by atoms with Crippen LogP contribution in [0.2, 0.25) is 0 Å². The first-order chi connectivity index (χ1) is 10.0. The van der Waals surface area contributed by atoms with Crippen molar-refractivity contribution in [1.29, 1.82) is 0 Å². The van der Waals surface area contributed by atoms with Crippen molar-refractivity contribution in [2.24, 2.45) is 11.8 Å². The van der Waals surface area contributed by atoms with E-state index in [0.29, 0.717) is 12.8 Å². The van der Waals surface area contributed by atoms with E-state index in [-0.39, 0.29) is 23.9 Å². The quantitative estimate of drug-likeness (QED) is 0.512. The molecule has 1 N–H and O–H groups in total. The minimum atomic E-state index is -0.781. The summed E-state index contributed by atoms with van der Waals surface area (Å²) in [4.78, 5) is 23.1. The van der Waals surface area contributed by atoms with Gasteiger partial charge in [0, 0.05) is 0 Å². The van der Waals surface area contributed by atoms with Crippen molar-refractivity contribution in [1.82, 2.24) is 0 Å². The van der Waals surface area contributed by atoms with Crippen molar-refractivity contribution in [3.05, 3.63) is 0 Å². The molecule has 0 aromatic heterocycles. The highest BCUT2D eigenvalue weighted by molar-refractivity contribution is 5.75. The first-order valence-electron chi connectivity index (χ1n) is 8.47. The van der Waals surface area contributed by atoms with Gasteiger partial charge in [0.1, 0.15) is 0 Å². The lowest BCUT2D eigenvalue weighted by atomic mass is 9.81. The molecule has 0 aromatic carbocycles. The molecular weight excluding hydrogens is 268 g/mol. The summed E-state index contributed by atoms with van der Waals surface area (Å²) >= 11 is 0. The van der Waals surface area contributed by atoms with Gasteiger partial charge in [-0.25, -0.2) is 0 Å². The normalized spacial score (nSPS) is 23.5. The van der Waals surface area contributed by atoms with Gasteiger partial charge in [-0.2, -0.15) is 0 Å². The zero-order chi connectivity index (χ0) is 15.7. The van der Waals surface area contributed by atoms with Crippen molar-refractivity contribution < 1.29 is 19.4 Å². The van der Waals surface area contributed by atoms with E-state index < -0.39 is 5.97 Å². The zero-order valence-corrected chi connectivity index (χ0v) is 13.5. The summed E-state index contributed by atoms with van der Waals surface area (Å²) in [7, 11) is 0. The third-order valence-corrected chi connectivity index (χ3v) is 4.39. The van der Waals surface area contributed by atoms with Crippen LogP contribution in [0.25, 0.3) is 0 Å². The van der Waals surface area contributed by atoms with Gasteiger partial charge in [-0.15, -0.1) is 0 Å². The lowest BCUT2D eigenvalue weighted by Gasteiger charge is -2.26. The molecule has 3 atom stereocenters. The maximum Gasteiger partial charge on any atom is 0.309 e. The molecule has 1 fully saturated rings. The summed E-state index contributed by atoms with van der Waals surface area (Å²) in [5.41, 5.74) is 0. The largest absolute Gasteiger partial charge is 0.481 e. The number of esters is 1. The lowest BCUT2D eigenvalue weighted by molar-refractivity contribution is -0.156. The predicted molar refractivity (Wildman–Crippen MR) is 82.0 cm³/mol. The Kier molecular flexibility index (Phi) is 8.40. The van der Waals surface area contributed by atoms with Crippen molar-refractivity contribution in [2.75, 3.05) is 0 Å². The second kappa shape index (κ2) is 9.80. The molecule has 1 aliphatic carbocycles. The molecule has 4 nitrogen and oxygen atoms in total. The highest BCUT2D eigenvalue weighted by Gasteiger charge is 2.32. The summed E-state index contributed by atoms with van der Waals surface area (Å²) < 4.78 is 5.49. The van der Waals surface area contributed by atoms with E-state index in [1.165, 1.54) is 25.7 Å². The Bertz CT molecular complexity index is 327. The second-order valence-corrected chi connectivity index (χ2v) is 6.35. The van der Waals surface area contributed by atoms with Crippen LogP contribution in [0.5, 0.6) is 0 Å². The molecule has 1 aliphatic rings. The Hall–Kier alpha value is -1.06. The van der Waals surface area contributed by atoms with Gasteiger partial charge < -0.3 is 9.84 Å². The van der Waals surface area contributed by atoms with E-state index in [1.54, 1.807) is 0 Å². The van der Waals surface area contributed by atoms with Crippen LogP contribution in [0, 0.1) is 11.8 Å². The molecule has 4 heteroatoms. The van der Waals surface area contributed by atoms with Crippen LogP contribution < -0.4 is 0 Å². The molecule has 0 spiro atoms. The summed E-state index contributed by atoms with van der Waals surface area (Å²) in [5.74, 6) is -1.57. The van der Waals surface area contributed by atoms with Crippen LogP contribution in [0.15, 0.2) is 0 Å². The fraction of sp³-hybridized carbons (Fsp3) is 0.882. The molecule has 0 radical (unpaired) electrons. The number of unbranched alkanes of at least 4 members (excludes halogenated alkanes) is 4. The molecule has 122 valence electrons. The molecule has 0 bridgehead atoms. The number of carbonyl (C=O) groups is 2. The Labute approximate surface area is 128 Å². The van der Waals surface area contributed by atoms with Crippen molar-refractivity contribution in [2.45, 2.75) is 84.2 Å². The van der Waals surface area contributed by atoms with Crippen LogP contribution in [0.3, 0.4) is 0 Å². The highest BCUT2D eigenvalue weighted by Crippen LogP contribution is 2.30. The number of aliphatic carboxylic acids is 1. The number of ether oxygens (including phenoxy) is 1. The van der Waals surface area contributed by atoms with Gasteiger partial charge in [-0.05, 0) is 39.0 Å². The maximum atomic E-state index is 12.1. The fourth-order valence-corrected chi connectivity index (χ4v) is 3.02.